The van der Waals surface area contributed by atoms with Gasteiger partial charge in [-0.25, -0.2) is 4.39 Å². The van der Waals surface area contributed by atoms with Crippen LogP contribution in [0.15, 0.2) is 29.3 Å². The minimum atomic E-state index is -0.224. The summed E-state index contributed by atoms with van der Waals surface area (Å²) in [5, 5.41) is 0. The van der Waals surface area contributed by atoms with E-state index < -0.39 is 0 Å². The molecule has 26 heavy (non-hydrogen) atoms. The van der Waals surface area contributed by atoms with Crippen LogP contribution in [0.5, 0.6) is 0 Å². The summed E-state index contributed by atoms with van der Waals surface area (Å²) in [5.74, 6) is 0.381. The number of piperazine rings is 1. The highest BCUT2D eigenvalue weighted by atomic mass is 127. The highest BCUT2D eigenvalue weighted by molar-refractivity contribution is 14.0. The van der Waals surface area contributed by atoms with Gasteiger partial charge in [-0.05, 0) is 38.1 Å². The fourth-order valence-corrected chi connectivity index (χ4v) is 2.95. The van der Waals surface area contributed by atoms with E-state index >= 15 is 0 Å². The van der Waals surface area contributed by atoms with Crippen molar-refractivity contribution in [1.29, 1.82) is 0 Å². The zero-order chi connectivity index (χ0) is 18.2. The molecule has 1 saturated heterocycles. The number of aliphatic imine (C=N–C) groups is 1. The molecule has 1 aromatic rings. The summed E-state index contributed by atoms with van der Waals surface area (Å²) < 4.78 is 13.0. The van der Waals surface area contributed by atoms with Crippen LogP contribution in [0.1, 0.15) is 20.3 Å². The third-order valence-corrected chi connectivity index (χ3v) is 4.51. The van der Waals surface area contributed by atoms with Gasteiger partial charge in [-0.1, -0.05) is 0 Å². The summed E-state index contributed by atoms with van der Waals surface area (Å²) in [6, 6.07) is 6.54. The number of benzene rings is 1. The van der Waals surface area contributed by atoms with E-state index in [1.807, 2.05) is 18.7 Å². The van der Waals surface area contributed by atoms with Crippen LogP contribution in [0.2, 0.25) is 0 Å². The van der Waals surface area contributed by atoms with Crippen LogP contribution in [0, 0.1) is 5.82 Å². The van der Waals surface area contributed by atoms with Gasteiger partial charge in [-0.15, -0.1) is 24.0 Å². The van der Waals surface area contributed by atoms with Crippen molar-refractivity contribution in [3.8, 4) is 0 Å². The minimum absolute atomic E-state index is 0. The van der Waals surface area contributed by atoms with E-state index in [0.29, 0.717) is 18.9 Å². The van der Waals surface area contributed by atoms with E-state index in [-0.39, 0.29) is 35.7 Å². The molecule has 0 spiro atoms. The van der Waals surface area contributed by atoms with Crippen LogP contribution in [0.3, 0.4) is 0 Å². The van der Waals surface area contributed by atoms with Gasteiger partial charge in [0, 0.05) is 51.4 Å². The molecule has 6 nitrogen and oxygen atoms in total. The molecular formula is C18H29FIN5O. The first-order valence-corrected chi connectivity index (χ1v) is 8.88. The fourth-order valence-electron chi connectivity index (χ4n) is 2.95. The Bertz CT molecular complexity index is 584. The van der Waals surface area contributed by atoms with E-state index in [1.165, 1.54) is 12.1 Å². The highest BCUT2D eigenvalue weighted by Gasteiger charge is 2.18. The third-order valence-electron chi connectivity index (χ3n) is 4.51. The molecule has 0 saturated carbocycles. The van der Waals surface area contributed by atoms with Crippen molar-refractivity contribution in [3.63, 3.8) is 0 Å². The van der Waals surface area contributed by atoms with E-state index in [0.717, 1.165) is 45.0 Å². The SMILES string of the molecule is CCN(CC)C(=O)CCN=C(N)N1CCN(c2ccc(F)cc2)CC1.I. The van der Waals surface area contributed by atoms with Crippen LogP contribution < -0.4 is 10.6 Å². The molecule has 2 N–H and O–H groups in total. The average molecular weight is 477 g/mol. The molecule has 0 bridgehead atoms. The third kappa shape index (κ3) is 6.30. The number of amides is 1. The van der Waals surface area contributed by atoms with Gasteiger partial charge in [-0.3, -0.25) is 9.79 Å². The Morgan fingerprint density at radius 1 is 1.15 bits per heavy atom. The van der Waals surface area contributed by atoms with Gasteiger partial charge in [0.25, 0.3) is 0 Å². The predicted octanol–water partition coefficient (Wildman–Crippen LogP) is 2.14. The van der Waals surface area contributed by atoms with Crippen LogP contribution in [0.4, 0.5) is 10.1 Å². The second kappa shape index (κ2) is 11.2. The number of rotatable bonds is 6. The number of hydrogen-bond donors (Lipinski definition) is 1. The molecule has 1 amide bonds. The molecule has 0 aromatic heterocycles. The first-order valence-electron chi connectivity index (χ1n) is 8.88. The highest BCUT2D eigenvalue weighted by Crippen LogP contribution is 2.16. The van der Waals surface area contributed by atoms with Gasteiger partial charge in [0.05, 0.1) is 6.54 Å². The molecule has 146 valence electrons. The maximum Gasteiger partial charge on any atom is 0.224 e. The van der Waals surface area contributed by atoms with Crippen LogP contribution in [0.25, 0.3) is 0 Å². The van der Waals surface area contributed by atoms with Crippen molar-refractivity contribution in [3.05, 3.63) is 30.1 Å². The van der Waals surface area contributed by atoms with Gasteiger partial charge < -0.3 is 20.4 Å². The zero-order valence-electron chi connectivity index (χ0n) is 15.5. The van der Waals surface area contributed by atoms with Crippen molar-refractivity contribution in [2.24, 2.45) is 10.7 Å². The smallest absolute Gasteiger partial charge is 0.224 e. The molecule has 8 heteroatoms. The molecule has 1 heterocycles. The molecule has 1 aromatic carbocycles. The molecule has 1 aliphatic rings. The predicted molar refractivity (Wildman–Crippen MR) is 115 cm³/mol. The fraction of sp³-hybridized carbons (Fsp3) is 0.556. The number of guanidine groups is 1. The summed E-state index contributed by atoms with van der Waals surface area (Å²) in [6.45, 7) is 8.94. The van der Waals surface area contributed by atoms with Crippen LogP contribution in [-0.4, -0.2) is 67.5 Å². The summed E-state index contributed by atoms with van der Waals surface area (Å²) in [4.78, 5) is 22.3. The van der Waals surface area contributed by atoms with Crippen molar-refractivity contribution in [2.45, 2.75) is 20.3 Å². The molecule has 0 unspecified atom stereocenters. The summed E-state index contributed by atoms with van der Waals surface area (Å²) in [5.41, 5.74) is 7.08. The lowest BCUT2D eigenvalue weighted by Crippen LogP contribution is -2.51. The Balaban J connectivity index is 0.00000338. The van der Waals surface area contributed by atoms with Gasteiger partial charge in [0.1, 0.15) is 5.82 Å². The molecule has 1 aliphatic heterocycles. The number of halogens is 2. The zero-order valence-corrected chi connectivity index (χ0v) is 17.9. The van der Waals surface area contributed by atoms with Crippen molar-refractivity contribution >= 4 is 41.5 Å². The summed E-state index contributed by atoms with van der Waals surface area (Å²) >= 11 is 0. The Morgan fingerprint density at radius 3 is 2.27 bits per heavy atom. The summed E-state index contributed by atoms with van der Waals surface area (Å²) in [7, 11) is 0. The number of carbonyl (C=O) groups excluding carboxylic acids is 1. The number of nitrogens with zero attached hydrogens (tertiary/aromatic N) is 4. The van der Waals surface area contributed by atoms with E-state index in [2.05, 4.69) is 9.89 Å². The lowest BCUT2D eigenvalue weighted by atomic mass is 10.2. The lowest BCUT2D eigenvalue weighted by Gasteiger charge is -2.36. The molecule has 1 fully saturated rings. The Kier molecular flexibility index (Phi) is 9.68. The van der Waals surface area contributed by atoms with Gasteiger partial charge >= 0.3 is 0 Å². The maximum atomic E-state index is 13.0. The van der Waals surface area contributed by atoms with Crippen LogP contribution >= 0.6 is 24.0 Å². The average Bonchev–Trinajstić information content (AvgIpc) is 2.63. The van der Waals surface area contributed by atoms with Gasteiger partial charge in [0.2, 0.25) is 5.91 Å². The summed E-state index contributed by atoms with van der Waals surface area (Å²) in [6.07, 6.45) is 0.387. The number of carbonyl (C=O) groups is 1. The van der Waals surface area contributed by atoms with E-state index in [4.69, 9.17) is 5.73 Å². The topological polar surface area (TPSA) is 65.2 Å². The Hall–Kier alpha value is -1.58. The molecule has 0 aliphatic carbocycles. The quantitative estimate of drug-likeness (QED) is 0.388. The molecule has 0 radical (unpaired) electrons. The van der Waals surface area contributed by atoms with Crippen molar-refractivity contribution in [2.75, 3.05) is 50.7 Å². The van der Waals surface area contributed by atoms with Crippen molar-refractivity contribution < 1.29 is 9.18 Å². The standard InChI is InChI=1S/C18H28FN5O.HI/c1-3-22(4-2)17(25)9-10-21-18(20)24-13-11-23(12-14-24)16-7-5-15(19)6-8-16;/h5-8H,3-4,9-14H2,1-2H3,(H2,20,21);1H. The first kappa shape index (κ1) is 22.5. The van der Waals surface area contributed by atoms with Crippen LogP contribution in [-0.2, 0) is 4.79 Å². The van der Waals surface area contributed by atoms with E-state index in [1.54, 1.807) is 17.0 Å². The van der Waals surface area contributed by atoms with Gasteiger partial charge in [0.15, 0.2) is 5.96 Å². The Morgan fingerprint density at radius 2 is 1.73 bits per heavy atom. The number of nitrogens with two attached hydrogens (primary N) is 1. The maximum absolute atomic E-state index is 13.0. The van der Waals surface area contributed by atoms with E-state index in [9.17, 15) is 9.18 Å². The number of anilines is 1. The second-order valence-corrected chi connectivity index (χ2v) is 6.01. The first-order chi connectivity index (χ1) is 12.0. The van der Waals surface area contributed by atoms with Gasteiger partial charge in [-0.2, -0.15) is 0 Å². The lowest BCUT2D eigenvalue weighted by molar-refractivity contribution is -0.130. The minimum Gasteiger partial charge on any atom is -0.370 e. The monoisotopic (exact) mass is 477 g/mol. The Labute approximate surface area is 172 Å². The number of hydrogen-bond acceptors (Lipinski definition) is 3. The molecular weight excluding hydrogens is 448 g/mol. The van der Waals surface area contributed by atoms with Crippen molar-refractivity contribution in [1.82, 2.24) is 9.80 Å². The largest absolute Gasteiger partial charge is 0.370 e. The normalized spacial score (nSPS) is 14.8. The second-order valence-electron chi connectivity index (χ2n) is 6.01. The molecule has 2 rings (SSSR count). The molecule has 0 atom stereocenters.